The molecule has 0 saturated heterocycles. The molecular weight excluding hydrogens is 278 g/mol. The highest BCUT2D eigenvalue weighted by Gasteiger charge is 2.17. The number of hydrogen-bond acceptors (Lipinski definition) is 6. The molecule has 1 aromatic rings. The molecule has 0 aromatic carbocycles. The first-order valence-electron chi connectivity index (χ1n) is 6.36. The van der Waals surface area contributed by atoms with Crippen LogP contribution in [0.25, 0.3) is 0 Å². The molecule has 2 amide bonds. The van der Waals surface area contributed by atoms with Gasteiger partial charge in [0.1, 0.15) is 12.0 Å². The summed E-state index contributed by atoms with van der Waals surface area (Å²) in [5.74, 6) is -0.467. The number of anilines is 1. The average molecular weight is 295 g/mol. The van der Waals surface area contributed by atoms with Crippen molar-refractivity contribution in [3.05, 3.63) is 27.9 Å². The van der Waals surface area contributed by atoms with Crippen molar-refractivity contribution in [2.75, 3.05) is 25.5 Å². The van der Waals surface area contributed by atoms with Gasteiger partial charge in [-0.25, -0.2) is 4.98 Å². The minimum absolute atomic E-state index is 0.0722. The quantitative estimate of drug-likeness (QED) is 0.490. The van der Waals surface area contributed by atoms with E-state index in [1.807, 2.05) is 6.92 Å². The first-order chi connectivity index (χ1) is 9.99. The van der Waals surface area contributed by atoms with Gasteiger partial charge in [-0.05, 0) is 6.92 Å². The zero-order chi connectivity index (χ0) is 15.8. The van der Waals surface area contributed by atoms with E-state index in [0.29, 0.717) is 6.54 Å². The molecule has 0 aliphatic carbocycles. The Morgan fingerprint density at radius 1 is 1.43 bits per heavy atom. The Kier molecular flexibility index (Phi) is 6.05. The highest BCUT2D eigenvalue weighted by atomic mass is 16.6. The van der Waals surface area contributed by atoms with Crippen LogP contribution >= 0.6 is 0 Å². The number of nitro groups is 1. The summed E-state index contributed by atoms with van der Waals surface area (Å²) in [4.78, 5) is 37.1. The second-order valence-corrected chi connectivity index (χ2v) is 4.06. The molecule has 0 unspecified atom stereocenters. The van der Waals surface area contributed by atoms with Crippen molar-refractivity contribution in [1.29, 1.82) is 0 Å². The van der Waals surface area contributed by atoms with Crippen LogP contribution in [0.4, 0.5) is 11.5 Å². The number of aromatic nitrogens is 1. The van der Waals surface area contributed by atoms with E-state index in [-0.39, 0.29) is 35.9 Å². The molecule has 0 radical (unpaired) electrons. The van der Waals surface area contributed by atoms with Gasteiger partial charge in [0.15, 0.2) is 0 Å². The number of hydrogen-bond donors (Lipinski definition) is 3. The molecule has 9 heteroatoms. The fourth-order valence-electron chi connectivity index (χ4n) is 1.54. The first-order valence-corrected chi connectivity index (χ1v) is 6.36. The lowest BCUT2D eigenvalue weighted by Crippen LogP contribution is -2.30. The van der Waals surface area contributed by atoms with E-state index in [2.05, 4.69) is 20.9 Å². The van der Waals surface area contributed by atoms with Gasteiger partial charge >= 0.3 is 0 Å². The lowest BCUT2D eigenvalue weighted by atomic mass is 10.2. The van der Waals surface area contributed by atoms with E-state index in [9.17, 15) is 19.7 Å². The Bertz CT molecular complexity index is 546. The zero-order valence-electron chi connectivity index (χ0n) is 11.8. The smallest absolute Gasteiger partial charge is 0.288 e. The van der Waals surface area contributed by atoms with Crippen molar-refractivity contribution in [2.45, 2.75) is 13.3 Å². The van der Waals surface area contributed by atoms with Crippen LogP contribution in [0, 0.1) is 10.1 Å². The third-order valence-corrected chi connectivity index (χ3v) is 2.59. The molecule has 9 nitrogen and oxygen atoms in total. The molecule has 1 aromatic heterocycles. The van der Waals surface area contributed by atoms with Crippen LogP contribution in [-0.2, 0) is 4.79 Å². The number of nitrogens with zero attached hydrogens (tertiary/aromatic N) is 2. The molecule has 0 spiro atoms. The van der Waals surface area contributed by atoms with E-state index in [1.54, 1.807) is 0 Å². The van der Waals surface area contributed by atoms with Crippen LogP contribution in [0.5, 0.6) is 0 Å². The van der Waals surface area contributed by atoms with Crippen LogP contribution < -0.4 is 16.0 Å². The number of carbonyl (C=O) groups is 2. The third kappa shape index (κ3) is 4.71. The standard InChI is InChI=1S/C12H17N5O4/c1-3-14-11-9(6-8(7-16-11)17(20)21)12(19)15-5-4-10(18)13-2/h6-7H,3-5H2,1-2H3,(H,13,18)(H,14,16)(H,15,19). The van der Waals surface area contributed by atoms with Crippen LogP contribution in [0.15, 0.2) is 12.3 Å². The van der Waals surface area contributed by atoms with Crippen LogP contribution in [0.1, 0.15) is 23.7 Å². The molecule has 0 bridgehead atoms. The Morgan fingerprint density at radius 3 is 2.71 bits per heavy atom. The van der Waals surface area contributed by atoms with E-state index in [0.717, 1.165) is 12.3 Å². The predicted octanol–water partition coefficient (Wildman–Crippen LogP) is 0.287. The lowest BCUT2D eigenvalue weighted by Gasteiger charge is -2.09. The molecule has 0 fully saturated rings. The fourth-order valence-corrected chi connectivity index (χ4v) is 1.54. The second-order valence-electron chi connectivity index (χ2n) is 4.06. The minimum atomic E-state index is -0.621. The molecule has 3 N–H and O–H groups in total. The topological polar surface area (TPSA) is 126 Å². The zero-order valence-corrected chi connectivity index (χ0v) is 11.8. The first kappa shape index (κ1) is 16.3. The molecular formula is C12H17N5O4. The second kappa shape index (κ2) is 7.78. The maximum absolute atomic E-state index is 12.0. The number of carbonyl (C=O) groups excluding carboxylic acids is 2. The Balaban J connectivity index is 2.86. The molecule has 114 valence electrons. The number of amides is 2. The molecule has 0 aliphatic heterocycles. The summed E-state index contributed by atoms with van der Waals surface area (Å²) in [6.45, 7) is 2.46. The SMILES string of the molecule is CCNc1ncc([N+](=O)[O-])cc1C(=O)NCCC(=O)NC. The summed E-state index contributed by atoms with van der Waals surface area (Å²) in [6.07, 6.45) is 1.21. The summed E-state index contributed by atoms with van der Waals surface area (Å²) in [5, 5.41) is 18.6. The molecule has 1 rings (SSSR count). The maximum Gasteiger partial charge on any atom is 0.288 e. The Morgan fingerprint density at radius 2 is 2.14 bits per heavy atom. The van der Waals surface area contributed by atoms with Gasteiger partial charge in [-0.15, -0.1) is 0 Å². The Hall–Kier alpha value is -2.71. The summed E-state index contributed by atoms with van der Waals surface area (Å²) in [6, 6.07) is 1.15. The van der Waals surface area contributed by atoms with Gasteiger partial charge in [0.25, 0.3) is 11.6 Å². The average Bonchev–Trinajstić information content (AvgIpc) is 2.47. The van der Waals surface area contributed by atoms with Crippen molar-refractivity contribution < 1.29 is 14.5 Å². The molecule has 0 aliphatic rings. The highest BCUT2D eigenvalue weighted by Crippen LogP contribution is 2.18. The summed E-state index contributed by atoms with van der Waals surface area (Å²) in [5.41, 5.74) is -0.198. The van der Waals surface area contributed by atoms with E-state index < -0.39 is 10.8 Å². The van der Waals surface area contributed by atoms with Gasteiger partial charge in [-0.2, -0.15) is 0 Å². The molecule has 0 atom stereocenters. The van der Waals surface area contributed by atoms with Gasteiger partial charge in [-0.1, -0.05) is 0 Å². The van der Waals surface area contributed by atoms with Crippen LogP contribution in [-0.4, -0.2) is 41.9 Å². The van der Waals surface area contributed by atoms with Crippen molar-refractivity contribution >= 4 is 23.3 Å². The number of pyridine rings is 1. The molecule has 1 heterocycles. The van der Waals surface area contributed by atoms with E-state index in [1.165, 1.54) is 7.05 Å². The van der Waals surface area contributed by atoms with Crippen LogP contribution in [0.3, 0.4) is 0 Å². The normalized spacial score (nSPS) is 9.81. The van der Waals surface area contributed by atoms with Crippen molar-refractivity contribution in [3.63, 3.8) is 0 Å². The summed E-state index contributed by atoms with van der Waals surface area (Å²) >= 11 is 0. The van der Waals surface area contributed by atoms with Crippen molar-refractivity contribution in [2.24, 2.45) is 0 Å². The van der Waals surface area contributed by atoms with Crippen molar-refractivity contribution in [3.8, 4) is 0 Å². The summed E-state index contributed by atoms with van der Waals surface area (Å²) < 4.78 is 0. The van der Waals surface area contributed by atoms with E-state index in [4.69, 9.17) is 0 Å². The van der Waals surface area contributed by atoms with Gasteiger partial charge in [0.2, 0.25) is 5.91 Å². The molecule has 0 saturated carbocycles. The third-order valence-electron chi connectivity index (χ3n) is 2.59. The Labute approximate surface area is 121 Å². The van der Waals surface area contributed by atoms with Crippen LogP contribution in [0.2, 0.25) is 0 Å². The fraction of sp³-hybridized carbons (Fsp3) is 0.417. The maximum atomic E-state index is 12.0. The minimum Gasteiger partial charge on any atom is -0.370 e. The predicted molar refractivity (Wildman–Crippen MR) is 76.1 cm³/mol. The number of rotatable bonds is 7. The van der Waals surface area contributed by atoms with Gasteiger partial charge in [-0.3, -0.25) is 19.7 Å². The molecule has 21 heavy (non-hydrogen) atoms. The van der Waals surface area contributed by atoms with Gasteiger partial charge in [0.05, 0.1) is 10.5 Å². The summed E-state index contributed by atoms with van der Waals surface area (Å²) in [7, 11) is 1.50. The lowest BCUT2D eigenvalue weighted by molar-refractivity contribution is -0.385. The monoisotopic (exact) mass is 295 g/mol. The number of nitrogens with one attached hydrogen (secondary N) is 3. The van der Waals surface area contributed by atoms with E-state index >= 15 is 0 Å². The van der Waals surface area contributed by atoms with Crippen molar-refractivity contribution in [1.82, 2.24) is 15.6 Å². The largest absolute Gasteiger partial charge is 0.370 e. The highest BCUT2D eigenvalue weighted by molar-refractivity contribution is 5.99. The van der Waals surface area contributed by atoms with Gasteiger partial charge in [0, 0.05) is 32.6 Å². The van der Waals surface area contributed by atoms with Gasteiger partial charge < -0.3 is 16.0 Å².